The van der Waals surface area contributed by atoms with Crippen LogP contribution in [0.5, 0.6) is 0 Å². The number of carbonyl (C=O) groups excluding carboxylic acids is 3. The van der Waals surface area contributed by atoms with E-state index in [0.29, 0.717) is 16.7 Å². The first-order valence-corrected chi connectivity index (χ1v) is 6.30. The Morgan fingerprint density at radius 1 is 1.10 bits per heavy atom. The molecule has 1 aliphatic heterocycles. The fourth-order valence-electron chi connectivity index (χ4n) is 1.60. The molecule has 0 spiro atoms. The quantitative estimate of drug-likeness (QED) is 0.299. The van der Waals surface area contributed by atoms with Gasteiger partial charge in [0, 0.05) is 16.7 Å². The molecule has 0 radical (unpaired) electrons. The van der Waals surface area contributed by atoms with Crippen molar-refractivity contribution in [3.8, 4) is 0 Å². The summed E-state index contributed by atoms with van der Waals surface area (Å²) in [7, 11) is 0. The molecule has 6 nitrogen and oxygen atoms in total. The van der Waals surface area contributed by atoms with Gasteiger partial charge < -0.3 is 9.47 Å². The molecule has 0 aromatic rings. The van der Waals surface area contributed by atoms with E-state index in [4.69, 9.17) is 9.47 Å². The summed E-state index contributed by atoms with van der Waals surface area (Å²) in [4.78, 5) is 35.7. The van der Waals surface area contributed by atoms with Gasteiger partial charge in [0.2, 0.25) is 0 Å². The maximum Gasteiger partial charge on any atom is 0.333 e. The fraction of sp³-hybridized carbons (Fsp3) is 0.500. The van der Waals surface area contributed by atoms with E-state index in [2.05, 4.69) is 6.58 Å². The van der Waals surface area contributed by atoms with E-state index in [9.17, 15) is 14.4 Å². The number of esters is 1. The Bertz CT molecular complexity index is 454. The highest BCUT2D eigenvalue weighted by Gasteiger charge is 2.32. The molecule has 0 aliphatic carbocycles. The summed E-state index contributed by atoms with van der Waals surface area (Å²) in [6.07, 6.45) is 0. The summed E-state index contributed by atoms with van der Waals surface area (Å²) in [6, 6.07) is 0. The first kappa shape index (κ1) is 16.1. The standard InChI is InChI=1S/C14H19NO5/c1-9(2)14(18)20-8-7-19-6-5-15-12(16)10(3)11(4)13(15)17/h1,5-8H2,2-4H3. The third kappa shape index (κ3) is 3.77. The van der Waals surface area contributed by atoms with Gasteiger partial charge in [-0.2, -0.15) is 0 Å². The Morgan fingerprint density at radius 2 is 1.65 bits per heavy atom. The highest BCUT2D eigenvalue weighted by molar-refractivity contribution is 6.18. The summed E-state index contributed by atoms with van der Waals surface area (Å²) in [5.74, 6) is -1.01. The van der Waals surface area contributed by atoms with Gasteiger partial charge in [0.15, 0.2) is 0 Å². The lowest BCUT2D eigenvalue weighted by Gasteiger charge is -2.14. The van der Waals surface area contributed by atoms with Gasteiger partial charge in [-0.3, -0.25) is 14.5 Å². The number of hydrogen-bond acceptors (Lipinski definition) is 5. The Balaban J connectivity index is 2.20. The fourth-order valence-corrected chi connectivity index (χ4v) is 1.60. The molecule has 110 valence electrons. The normalized spacial score (nSPS) is 15.1. The average molecular weight is 281 g/mol. The first-order chi connectivity index (χ1) is 9.36. The van der Waals surface area contributed by atoms with Gasteiger partial charge in [-0.1, -0.05) is 6.58 Å². The lowest BCUT2D eigenvalue weighted by Crippen LogP contribution is -2.34. The van der Waals surface area contributed by atoms with Crippen molar-refractivity contribution in [3.05, 3.63) is 23.3 Å². The van der Waals surface area contributed by atoms with Crippen molar-refractivity contribution in [3.63, 3.8) is 0 Å². The minimum atomic E-state index is -0.464. The average Bonchev–Trinajstić information content (AvgIpc) is 2.59. The van der Waals surface area contributed by atoms with Crippen LogP contribution in [-0.2, 0) is 23.9 Å². The molecule has 6 heteroatoms. The second-order valence-electron chi connectivity index (χ2n) is 4.54. The number of ether oxygens (including phenoxy) is 2. The molecule has 0 aromatic carbocycles. The molecular formula is C14H19NO5. The van der Waals surface area contributed by atoms with Gasteiger partial charge in [0.25, 0.3) is 11.8 Å². The lowest BCUT2D eigenvalue weighted by atomic mass is 10.2. The Morgan fingerprint density at radius 3 is 2.15 bits per heavy atom. The molecule has 0 bridgehead atoms. The molecule has 0 atom stereocenters. The number of nitrogens with zero attached hydrogens (tertiary/aromatic N) is 1. The van der Waals surface area contributed by atoms with Crippen LogP contribution in [0.25, 0.3) is 0 Å². The molecule has 0 unspecified atom stereocenters. The summed E-state index contributed by atoms with van der Waals surface area (Å²) in [5.41, 5.74) is 1.28. The second-order valence-corrected chi connectivity index (χ2v) is 4.54. The van der Waals surface area contributed by atoms with Crippen LogP contribution in [0.15, 0.2) is 23.3 Å². The van der Waals surface area contributed by atoms with Crippen LogP contribution in [-0.4, -0.2) is 49.0 Å². The maximum absolute atomic E-state index is 11.7. The summed E-state index contributed by atoms with van der Waals surface area (Å²) in [5, 5.41) is 0. The Labute approximate surface area is 118 Å². The minimum Gasteiger partial charge on any atom is -0.460 e. The maximum atomic E-state index is 11.7. The third-order valence-corrected chi connectivity index (χ3v) is 2.96. The topological polar surface area (TPSA) is 72.9 Å². The van der Waals surface area contributed by atoms with Crippen LogP contribution < -0.4 is 0 Å². The second kappa shape index (κ2) is 7.00. The van der Waals surface area contributed by atoms with Crippen LogP contribution in [0.3, 0.4) is 0 Å². The number of carbonyl (C=O) groups is 3. The van der Waals surface area contributed by atoms with E-state index in [1.807, 2.05) is 0 Å². The van der Waals surface area contributed by atoms with Crippen LogP contribution >= 0.6 is 0 Å². The zero-order chi connectivity index (χ0) is 15.3. The van der Waals surface area contributed by atoms with E-state index >= 15 is 0 Å². The van der Waals surface area contributed by atoms with Gasteiger partial charge in [0.1, 0.15) is 6.61 Å². The molecule has 1 heterocycles. The lowest BCUT2D eigenvalue weighted by molar-refractivity contribution is -0.140. The van der Waals surface area contributed by atoms with Crippen LogP contribution in [0, 0.1) is 0 Å². The van der Waals surface area contributed by atoms with E-state index in [1.165, 1.54) is 0 Å². The number of amides is 2. The van der Waals surface area contributed by atoms with Crippen LogP contribution in [0.1, 0.15) is 20.8 Å². The monoisotopic (exact) mass is 281 g/mol. The molecule has 1 aliphatic rings. The molecule has 0 N–H and O–H groups in total. The molecule has 1 rings (SSSR count). The predicted octanol–water partition coefficient (Wildman–Crippen LogP) is 0.827. The van der Waals surface area contributed by atoms with Gasteiger partial charge >= 0.3 is 5.97 Å². The van der Waals surface area contributed by atoms with Crippen molar-refractivity contribution in [2.75, 3.05) is 26.4 Å². The highest BCUT2D eigenvalue weighted by Crippen LogP contribution is 2.18. The molecule has 0 aromatic heterocycles. The van der Waals surface area contributed by atoms with E-state index in [-0.39, 0.29) is 38.2 Å². The zero-order valence-electron chi connectivity index (χ0n) is 12.0. The van der Waals surface area contributed by atoms with Crippen molar-refractivity contribution < 1.29 is 23.9 Å². The molecule has 0 saturated heterocycles. The Hall–Kier alpha value is -1.95. The van der Waals surface area contributed by atoms with Gasteiger partial charge in [-0.05, 0) is 20.8 Å². The Kier molecular flexibility index (Phi) is 5.64. The largest absolute Gasteiger partial charge is 0.460 e. The molecule has 2 amide bonds. The van der Waals surface area contributed by atoms with Crippen molar-refractivity contribution >= 4 is 17.8 Å². The van der Waals surface area contributed by atoms with Crippen molar-refractivity contribution in [1.29, 1.82) is 0 Å². The van der Waals surface area contributed by atoms with E-state index in [0.717, 1.165) is 4.90 Å². The molecular weight excluding hydrogens is 262 g/mol. The van der Waals surface area contributed by atoms with Gasteiger partial charge in [-0.15, -0.1) is 0 Å². The summed E-state index contributed by atoms with van der Waals surface area (Å²) in [6.45, 7) is 9.01. The smallest absolute Gasteiger partial charge is 0.333 e. The third-order valence-electron chi connectivity index (χ3n) is 2.96. The van der Waals surface area contributed by atoms with Crippen molar-refractivity contribution in [2.45, 2.75) is 20.8 Å². The number of rotatable bonds is 7. The first-order valence-electron chi connectivity index (χ1n) is 6.30. The van der Waals surface area contributed by atoms with Gasteiger partial charge in [0.05, 0.1) is 19.8 Å². The zero-order valence-corrected chi connectivity index (χ0v) is 12.0. The van der Waals surface area contributed by atoms with E-state index in [1.54, 1.807) is 20.8 Å². The molecule has 0 fully saturated rings. The molecule has 0 saturated carbocycles. The molecule has 20 heavy (non-hydrogen) atoms. The van der Waals surface area contributed by atoms with Gasteiger partial charge in [-0.25, -0.2) is 4.79 Å². The number of imide groups is 1. The predicted molar refractivity (Wildman–Crippen MR) is 71.7 cm³/mol. The summed E-state index contributed by atoms with van der Waals surface area (Å²) < 4.78 is 10.1. The van der Waals surface area contributed by atoms with Crippen LogP contribution in [0.4, 0.5) is 0 Å². The SMILES string of the molecule is C=C(C)C(=O)OCCOCCN1C(=O)C(C)=C(C)C1=O. The highest BCUT2D eigenvalue weighted by atomic mass is 16.6. The van der Waals surface area contributed by atoms with Crippen molar-refractivity contribution in [2.24, 2.45) is 0 Å². The summed E-state index contributed by atoms with van der Waals surface area (Å²) >= 11 is 0. The van der Waals surface area contributed by atoms with E-state index < -0.39 is 5.97 Å². The minimum absolute atomic E-state index is 0.115. The van der Waals surface area contributed by atoms with Crippen molar-refractivity contribution in [1.82, 2.24) is 4.90 Å². The number of hydrogen-bond donors (Lipinski definition) is 0. The van der Waals surface area contributed by atoms with Crippen LogP contribution in [0.2, 0.25) is 0 Å².